The van der Waals surface area contributed by atoms with Crippen molar-refractivity contribution in [1.29, 1.82) is 0 Å². The molecule has 0 aliphatic carbocycles. The van der Waals surface area contributed by atoms with Crippen LogP contribution in [0.25, 0.3) is 5.65 Å². The number of anilines is 2. The van der Waals surface area contributed by atoms with Crippen LogP contribution in [-0.2, 0) is 10.0 Å². The quantitative estimate of drug-likeness (QED) is 0.321. The van der Waals surface area contributed by atoms with Crippen molar-refractivity contribution in [1.82, 2.24) is 19.4 Å². The lowest BCUT2D eigenvalue weighted by molar-refractivity contribution is 0.102. The standard InChI is InChI=1S/C21H20N6O6S/c1-11-5-4-6-12(2)17(11)26-34(31,32)15-8-14(9-22-19(15)33-3)23-18(28)13-7-16-24-20(29)25-21(30)27(16)10-13/h4-10,26H,1-3H3,(H,23,28)(H2,24,25,29,30). The molecule has 4 aromatic rings. The molecule has 0 atom stereocenters. The smallest absolute Gasteiger partial charge is 0.335 e. The maximum absolute atomic E-state index is 13.2. The number of carbonyl (C=O) groups is 1. The minimum Gasteiger partial charge on any atom is -0.480 e. The Bertz CT molecular complexity index is 1630. The van der Waals surface area contributed by atoms with Gasteiger partial charge >= 0.3 is 11.4 Å². The highest BCUT2D eigenvalue weighted by molar-refractivity contribution is 7.92. The molecule has 13 heteroatoms. The van der Waals surface area contributed by atoms with Crippen LogP contribution < -0.4 is 26.2 Å². The number of benzene rings is 1. The summed E-state index contributed by atoms with van der Waals surface area (Å²) in [6.45, 7) is 3.55. The molecule has 4 N–H and O–H groups in total. The average molecular weight is 484 g/mol. The monoisotopic (exact) mass is 484 g/mol. The molecule has 176 valence electrons. The Morgan fingerprint density at radius 3 is 2.50 bits per heavy atom. The van der Waals surface area contributed by atoms with E-state index in [2.05, 4.69) is 20.0 Å². The third kappa shape index (κ3) is 4.28. The van der Waals surface area contributed by atoms with E-state index < -0.39 is 27.3 Å². The Morgan fingerprint density at radius 1 is 1.12 bits per heavy atom. The van der Waals surface area contributed by atoms with Gasteiger partial charge in [-0.05, 0) is 37.1 Å². The average Bonchev–Trinajstić information content (AvgIpc) is 3.21. The summed E-state index contributed by atoms with van der Waals surface area (Å²) in [7, 11) is -2.85. The number of fused-ring (bicyclic) bond motifs is 1. The van der Waals surface area contributed by atoms with E-state index in [0.717, 1.165) is 15.5 Å². The van der Waals surface area contributed by atoms with E-state index >= 15 is 0 Å². The highest BCUT2D eigenvalue weighted by Gasteiger charge is 2.24. The molecule has 0 saturated heterocycles. The molecular weight excluding hydrogens is 464 g/mol. The largest absolute Gasteiger partial charge is 0.480 e. The number of aromatic amines is 2. The molecule has 0 spiro atoms. The summed E-state index contributed by atoms with van der Waals surface area (Å²) in [4.78, 5) is 44.2. The summed E-state index contributed by atoms with van der Waals surface area (Å²) >= 11 is 0. The minimum absolute atomic E-state index is 0.0567. The van der Waals surface area contributed by atoms with Crippen molar-refractivity contribution >= 4 is 33.0 Å². The first-order valence-electron chi connectivity index (χ1n) is 9.88. The van der Waals surface area contributed by atoms with Crippen molar-refractivity contribution < 1.29 is 17.9 Å². The summed E-state index contributed by atoms with van der Waals surface area (Å²) in [5.41, 5.74) is 0.712. The van der Waals surface area contributed by atoms with Crippen molar-refractivity contribution in [3.63, 3.8) is 0 Å². The Balaban J connectivity index is 1.67. The number of nitrogens with one attached hydrogen (secondary N) is 4. The van der Waals surface area contributed by atoms with Gasteiger partial charge in [-0.3, -0.25) is 23.9 Å². The lowest BCUT2D eigenvalue weighted by Gasteiger charge is -2.15. The second-order valence-corrected chi connectivity index (χ2v) is 9.08. The zero-order valence-electron chi connectivity index (χ0n) is 18.3. The first kappa shape index (κ1) is 22.8. The van der Waals surface area contributed by atoms with Crippen molar-refractivity contribution in [3.8, 4) is 5.88 Å². The number of carbonyl (C=O) groups excluding carboxylic acids is 1. The van der Waals surface area contributed by atoms with E-state index in [1.54, 1.807) is 26.0 Å². The molecule has 0 fully saturated rings. The third-order valence-corrected chi connectivity index (χ3v) is 6.38. The van der Waals surface area contributed by atoms with Gasteiger partial charge in [0.05, 0.1) is 30.2 Å². The SMILES string of the molecule is COc1ncc(NC(=O)c2cc3[nH]c(=O)[nH]c(=O)n3c2)cc1S(=O)(=O)Nc1c(C)cccc1C. The maximum Gasteiger partial charge on any atom is 0.335 e. The van der Waals surface area contributed by atoms with Gasteiger partial charge in [0.15, 0.2) is 4.90 Å². The molecule has 0 unspecified atom stereocenters. The number of pyridine rings is 1. The number of aryl methyl sites for hydroxylation is 2. The second kappa shape index (κ2) is 8.51. The van der Waals surface area contributed by atoms with Gasteiger partial charge in [0, 0.05) is 6.20 Å². The summed E-state index contributed by atoms with van der Waals surface area (Å²) < 4.78 is 35.1. The molecule has 3 heterocycles. The van der Waals surface area contributed by atoms with Crippen LogP contribution >= 0.6 is 0 Å². The predicted molar refractivity (Wildman–Crippen MR) is 124 cm³/mol. The number of hydrogen-bond donors (Lipinski definition) is 4. The zero-order chi connectivity index (χ0) is 24.6. The number of amides is 1. The van der Waals surface area contributed by atoms with Crippen LogP contribution in [0.1, 0.15) is 21.5 Å². The van der Waals surface area contributed by atoms with E-state index in [1.165, 1.54) is 31.6 Å². The molecule has 4 rings (SSSR count). The van der Waals surface area contributed by atoms with E-state index in [4.69, 9.17) is 4.74 Å². The molecule has 34 heavy (non-hydrogen) atoms. The third-order valence-electron chi connectivity index (χ3n) is 5.04. The second-order valence-electron chi connectivity index (χ2n) is 7.43. The van der Waals surface area contributed by atoms with Gasteiger partial charge in [0.25, 0.3) is 15.9 Å². The minimum atomic E-state index is -4.13. The number of aromatic nitrogens is 4. The molecule has 0 saturated carbocycles. The van der Waals surface area contributed by atoms with E-state index in [0.29, 0.717) is 5.69 Å². The lowest BCUT2D eigenvalue weighted by atomic mass is 10.1. The summed E-state index contributed by atoms with van der Waals surface area (Å²) in [6, 6.07) is 7.89. The normalized spacial score (nSPS) is 11.4. The Hall–Kier alpha value is -4.39. The van der Waals surface area contributed by atoms with Gasteiger partial charge < -0.3 is 10.1 Å². The van der Waals surface area contributed by atoms with Gasteiger partial charge in [-0.2, -0.15) is 0 Å². The lowest BCUT2D eigenvalue weighted by Crippen LogP contribution is -2.26. The van der Waals surface area contributed by atoms with Crippen LogP contribution in [0.5, 0.6) is 5.88 Å². The van der Waals surface area contributed by atoms with Crippen molar-refractivity contribution in [3.05, 3.63) is 80.4 Å². The molecule has 3 aromatic heterocycles. The van der Waals surface area contributed by atoms with Crippen LogP contribution in [0.3, 0.4) is 0 Å². The molecule has 12 nitrogen and oxygen atoms in total. The van der Waals surface area contributed by atoms with Crippen molar-refractivity contribution in [2.75, 3.05) is 17.1 Å². The maximum atomic E-state index is 13.2. The molecule has 0 aliphatic rings. The van der Waals surface area contributed by atoms with E-state index in [9.17, 15) is 22.8 Å². The van der Waals surface area contributed by atoms with Crippen LogP contribution in [0.15, 0.2) is 57.2 Å². The van der Waals surface area contributed by atoms with Gasteiger partial charge in [0.1, 0.15) is 5.65 Å². The van der Waals surface area contributed by atoms with E-state index in [1.807, 2.05) is 11.1 Å². The van der Waals surface area contributed by atoms with Crippen molar-refractivity contribution in [2.24, 2.45) is 0 Å². The van der Waals surface area contributed by atoms with Gasteiger partial charge in [-0.15, -0.1) is 0 Å². The Kier molecular flexibility index (Phi) is 5.71. The van der Waals surface area contributed by atoms with Crippen LogP contribution in [-0.4, -0.2) is 40.8 Å². The number of hydrogen-bond acceptors (Lipinski definition) is 7. The fourth-order valence-corrected chi connectivity index (χ4v) is 4.72. The first-order chi connectivity index (χ1) is 16.1. The van der Waals surface area contributed by atoms with Crippen molar-refractivity contribution in [2.45, 2.75) is 18.7 Å². The topological polar surface area (TPSA) is 168 Å². The Morgan fingerprint density at radius 2 is 1.82 bits per heavy atom. The summed E-state index contributed by atoms with van der Waals surface area (Å²) in [6.07, 6.45) is 2.47. The van der Waals surface area contributed by atoms with Crippen LogP contribution in [0.2, 0.25) is 0 Å². The Labute approximate surface area is 192 Å². The number of ether oxygens (including phenoxy) is 1. The zero-order valence-corrected chi connectivity index (χ0v) is 19.1. The fraction of sp³-hybridized carbons (Fsp3) is 0.143. The van der Waals surface area contributed by atoms with Gasteiger partial charge in [0.2, 0.25) is 5.88 Å². The predicted octanol–water partition coefficient (Wildman–Crippen LogP) is 1.39. The number of methoxy groups -OCH3 is 1. The number of H-pyrrole nitrogens is 2. The molecule has 0 bridgehead atoms. The number of nitrogens with zero attached hydrogens (tertiary/aromatic N) is 2. The van der Waals surface area contributed by atoms with Gasteiger partial charge in [-0.1, -0.05) is 18.2 Å². The highest BCUT2D eigenvalue weighted by atomic mass is 32.2. The molecule has 1 aromatic carbocycles. The molecule has 0 aliphatic heterocycles. The van der Waals surface area contributed by atoms with E-state index in [-0.39, 0.29) is 27.7 Å². The molecule has 1 amide bonds. The molecular formula is C21H20N6O6S. The first-order valence-corrected chi connectivity index (χ1v) is 11.4. The highest BCUT2D eigenvalue weighted by Crippen LogP contribution is 2.29. The van der Waals surface area contributed by atoms with Gasteiger partial charge in [-0.25, -0.2) is 23.0 Å². The number of para-hydroxylation sites is 1. The van der Waals surface area contributed by atoms with Crippen LogP contribution in [0.4, 0.5) is 11.4 Å². The number of sulfonamides is 1. The number of rotatable bonds is 6. The summed E-state index contributed by atoms with van der Waals surface area (Å²) in [5, 5.41) is 2.54. The fourth-order valence-electron chi connectivity index (χ4n) is 3.37. The molecule has 0 radical (unpaired) electrons. The summed E-state index contributed by atoms with van der Waals surface area (Å²) in [5.74, 6) is -0.808. The van der Waals surface area contributed by atoms with Crippen LogP contribution in [0, 0.1) is 13.8 Å².